The molecule has 0 aromatic heterocycles. The first-order chi connectivity index (χ1) is 6.28. The van der Waals surface area contributed by atoms with Gasteiger partial charge < -0.3 is 4.90 Å². The summed E-state index contributed by atoms with van der Waals surface area (Å²) in [4.78, 5) is 12.8. The number of carbonyl (C=O) groups excluding carboxylic acids is 1. The van der Waals surface area contributed by atoms with Crippen molar-refractivity contribution in [2.24, 2.45) is 11.8 Å². The number of alkyl halides is 2. The van der Waals surface area contributed by atoms with Crippen LogP contribution in [0.15, 0.2) is 12.2 Å². The van der Waals surface area contributed by atoms with Crippen LogP contribution in [0, 0.1) is 11.8 Å². The number of halogens is 2. The van der Waals surface area contributed by atoms with E-state index in [4.69, 9.17) is 0 Å². The van der Waals surface area contributed by atoms with Crippen molar-refractivity contribution in [1.29, 1.82) is 0 Å². The van der Waals surface area contributed by atoms with Gasteiger partial charge in [0.05, 0.1) is 0 Å². The van der Waals surface area contributed by atoms with Gasteiger partial charge in [-0.2, -0.15) is 0 Å². The third-order valence-electron chi connectivity index (χ3n) is 2.56. The van der Waals surface area contributed by atoms with Crippen LogP contribution in [0.4, 0.5) is 8.78 Å². The maximum Gasteiger partial charge on any atom is 0.263 e. The van der Waals surface area contributed by atoms with E-state index in [9.17, 15) is 13.6 Å². The van der Waals surface area contributed by atoms with E-state index in [1.165, 1.54) is 18.9 Å². The highest BCUT2D eigenvalue weighted by Gasteiger charge is 2.69. The van der Waals surface area contributed by atoms with Crippen LogP contribution >= 0.6 is 0 Å². The van der Waals surface area contributed by atoms with Crippen molar-refractivity contribution >= 4 is 5.91 Å². The van der Waals surface area contributed by atoms with E-state index in [0.717, 1.165) is 5.57 Å². The van der Waals surface area contributed by atoms with Gasteiger partial charge >= 0.3 is 0 Å². The summed E-state index contributed by atoms with van der Waals surface area (Å²) in [5.74, 6) is -5.22. The van der Waals surface area contributed by atoms with Crippen molar-refractivity contribution in [2.75, 3.05) is 13.6 Å². The Labute approximate surface area is 82.6 Å². The normalized spacial score (nSPS) is 28.4. The molecule has 1 aliphatic carbocycles. The molecule has 0 bridgehead atoms. The van der Waals surface area contributed by atoms with Crippen LogP contribution in [0.3, 0.4) is 0 Å². The molecular weight excluding hydrogens is 188 g/mol. The van der Waals surface area contributed by atoms with Crippen LogP contribution in [0.5, 0.6) is 0 Å². The van der Waals surface area contributed by atoms with Gasteiger partial charge in [0.25, 0.3) is 5.92 Å². The fraction of sp³-hybridized carbons (Fsp3) is 0.700. The van der Waals surface area contributed by atoms with Crippen molar-refractivity contribution in [3.05, 3.63) is 12.2 Å². The largest absolute Gasteiger partial charge is 0.341 e. The van der Waals surface area contributed by atoms with Gasteiger partial charge in [0.1, 0.15) is 5.92 Å². The van der Waals surface area contributed by atoms with Crippen LogP contribution in [0.2, 0.25) is 0 Å². The van der Waals surface area contributed by atoms with Crippen LogP contribution in [-0.4, -0.2) is 30.3 Å². The highest BCUT2D eigenvalue weighted by molar-refractivity contribution is 5.83. The third-order valence-corrected chi connectivity index (χ3v) is 2.56. The van der Waals surface area contributed by atoms with Crippen molar-refractivity contribution in [3.63, 3.8) is 0 Å². The van der Waals surface area contributed by atoms with Crippen LogP contribution in [0.1, 0.15) is 13.8 Å². The zero-order valence-corrected chi connectivity index (χ0v) is 8.68. The first-order valence-corrected chi connectivity index (χ1v) is 4.55. The molecule has 1 saturated carbocycles. The Morgan fingerprint density at radius 2 is 2.00 bits per heavy atom. The first-order valence-electron chi connectivity index (χ1n) is 4.55. The van der Waals surface area contributed by atoms with Crippen molar-refractivity contribution in [3.8, 4) is 0 Å². The Bertz CT molecular complexity index is 275. The molecule has 1 amide bonds. The molecule has 0 aromatic rings. The second-order valence-electron chi connectivity index (χ2n) is 4.09. The molecule has 0 radical (unpaired) electrons. The molecule has 2 nitrogen and oxygen atoms in total. The monoisotopic (exact) mass is 203 g/mol. The Morgan fingerprint density at radius 3 is 2.29 bits per heavy atom. The zero-order valence-electron chi connectivity index (χ0n) is 8.68. The molecule has 2 atom stereocenters. The molecule has 1 rings (SSSR count). The van der Waals surface area contributed by atoms with E-state index in [2.05, 4.69) is 6.58 Å². The second kappa shape index (κ2) is 3.33. The maximum absolute atomic E-state index is 12.9. The molecule has 1 aliphatic rings. The minimum absolute atomic E-state index is 0.345. The lowest BCUT2D eigenvalue weighted by atomic mass is 10.2. The van der Waals surface area contributed by atoms with Gasteiger partial charge in [-0.15, -0.1) is 0 Å². The van der Waals surface area contributed by atoms with E-state index in [0.29, 0.717) is 6.54 Å². The Morgan fingerprint density at radius 1 is 1.57 bits per heavy atom. The van der Waals surface area contributed by atoms with E-state index >= 15 is 0 Å². The molecule has 0 spiro atoms. The van der Waals surface area contributed by atoms with Crippen molar-refractivity contribution in [2.45, 2.75) is 19.8 Å². The summed E-state index contributed by atoms with van der Waals surface area (Å²) < 4.78 is 25.7. The number of rotatable bonds is 3. The van der Waals surface area contributed by atoms with Crippen LogP contribution in [-0.2, 0) is 4.79 Å². The summed E-state index contributed by atoms with van der Waals surface area (Å²) >= 11 is 0. The molecule has 1 fully saturated rings. The number of likely N-dealkylation sites (N-methyl/N-ethyl adjacent to an activating group) is 1. The van der Waals surface area contributed by atoms with Gasteiger partial charge in [-0.1, -0.05) is 19.1 Å². The minimum Gasteiger partial charge on any atom is -0.341 e. The second-order valence-corrected chi connectivity index (χ2v) is 4.09. The molecule has 0 N–H and O–H groups in total. The number of carbonyl (C=O) groups is 1. The standard InChI is InChI=1S/C10H15F2NO/c1-6(2)5-13(4)9(14)8-7(3)10(8,11)12/h7-8H,1,5H2,2-4H3/t7-,8+/m0/s1. The van der Waals surface area contributed by atoms with Gasteiger partial charge in [0, 0.05) is 19.5 Å². The van der Waals surface area contributed by atoms with Gasteiger partial charge in [-0.25, -0.2) is 8.78 Å². The van der Waals surface area contributed by atoms with Crippen LogP contribution < -0.4 is 0 Å². The van der Waals surface area contributed by atoms with Crippen molar-refractivity contribution in [1.82, 2.24) is 4.90 Å². The highest BCUT2D eigenvalue weighted by atomic mass is 19.3. The van der Waals surface area contributed by atoms with Gasteiger partial charge in [0.15, 0.2) is 0 Å². The highest BCUT2D eigenvalue weighted by Crippen LogP contribution is 2.55. The fourth-order valence-corrected chi connectivity index (χ4v) is 1.58. The van der Waals surface area contributed by atoms with E-state index in [1.54, 1.807) is 6.92 Å². The third kappa shape index (κ3) is 1.79. The van der Waals surface area contributed by atoms with Crippen LogP contribution in [0.25, 0.3) is 0 Å². The molecule has 0 unspecified atom stereocenters. The average Bonchev–Trinajstić information content (AvgIpc) is 2.49. The molecule has 0 aliphatic heterocycles. The molecule has 0 saturated heterocycles. The fourth-order valence-electron chi connectivity index (χ4n) is 1.58. The lowest BCUT2D eigenvalue weighted by Gasteiger charge is -2.16. The predicted octanol–water partition coefficient (Wildman–Crippen LogP) is 1.92. The van der Waals surface area contributed by atoms with E-state index in [-0.39, 0.29) is 0 Å². The number of amides is 1. The maximum atomic E-state index is 12.9. The molecule has 4 heteroatoms. The number of hydrogen-bond acceptors (Lipinski definition) is 1. The van der Waals surface area contributed by atoms with Gasteiger partial charge in [0.2, 0.25) is 5.91 Å². The summed E-state index contributed by atoms with van der Waals surface area (Å²) in [5.41, 5.74) is 0.789. The summed E-state index contributed by atoms with van der Waals surface area (Å²) in [6, 6.07) is 0. The summed E-state index contributed by atoms with van der Waals surface area (Å²) in [5, 5.41) is 0. The molecule has 80 valence electrons. The molecule has 0 heterocycles. The smallest absolute Gasteiger partial charge is 0.263 e. The van der Waals surface area contributed by atoms with Gasteiger partial charge in [-0.3, -0.25) is 4.79 Å². The molecule has 14 heavy (non-hydrogen) atoms. The number of nitrogens with zero attached hydrogens (tertiary/aromatic N) is 1. The lowest BCUT2D eigenvalue weighted by Crippen LogP contribution is -2.31. The van der Waals surface area contributed by atoms with Gasteiger partial charge in [-0.05, 0) is 6.92 Å². The zero-order chi connectivity index (χ0) is 11.1. The topological polar surface area (TPSA) is 20.3 Å². The lowest BCUT2D eigenvalue weighted by molar-refractivity contribution is -0.133. The SMILES string of the molecule is C=C(C)CN(C)C(=O)[C@H]1[C@H](C)C1(F)F. The summed E-state index contributed by atoms with van der Waals surface area (Å²) in [6.07, 6.45) is 0. The van der Waals surface area contributed by atoms with Crippen molar-refractivity contribution < 1.29 is 13.6 Å². The quantitative estimate of drug-likeness (QED) is 0.642. The summed E-state index contributed by atoms with van der Waals surface area (Å²) in [6.45, 7) is 7.14. The van der Waals surface area contributed by atoms with E-state index in [1.807, 2.05) is 0 Å². The minimum atomic E-state index is -2.81. The van der Waals surface area contributed by atoms with E-state index < -0.39 is 23.7 Å². The molecular formula is C10H15F2NO. The summed E-state index contributed by atoms with van der Waals surface area (Å²) in [7, 11) is 1.53. The Hall–Kier alpha value is -0.930. The first kappa shape index (κ1) is 11.1. The Kier molecular flexibility index (Phi) is 2.65. The molecule has 0 aromatic carbocycles. The Balaban J connectivity index is 2.56. The number of hydrogen-bond donors (Lipinski definition) is 0. The average molecular weight is 203 g/mol. The predicted molar refractivity (Wildman–Crippen MR) is 50.1 cm³/mol.